The molecule has 1 aliphatic heterocycles. The van der Waals surface area contributed by atoms with Gasteiger partial charge in [0.05, 0.1) is 24.5 Å². The van der Waals surface area contributed by atoms with E-state index >= 15 is 0 Å². The average molecular weight is 525 g/mol. The second-order valence-corrected chi connectivity index (χ2v) is 8.87. The predicted octanol–water partition coefficient (Wildman–Crippen LogP) is 5.85. The van der Waals surface area contributed by atoms with Crippen LogP contribution in [0.15, 0.2) is 78.9 Å². The highest BCUT2D eigenvalue weighted by molar-refractivity contribution is 5.95. The molecule has 1 aliphatic rings. The van der Waals surface area contributed by atoms with Crippen molar-refractivity contribution in [2.24, 2.45) is 0 Å². The molecule has 0 atom stereocenters. The van der Waals surface area contributed by atoms with Crippen LogP contribution in [0.3, 0.4) is 0 Å². The summed E-state index contributed by atoms with van der Waals surface area (Å²) in [5.74, 6) is 1.47. The molecule has 1 heterocycles. The largest absolute Gasteiger partial charge is 0.494 e. The zero-order chi connectivity index (χ0) is 25.0. The molecule has 3 aromatic carbocycles. The van der Waals surface area contributed by atoms with Crippen molar-refractivity contribution in [2.45, 2.75) is 26.4 Å². The summed E-state index contributed by atoms with van der Waals surface area (Å²) in [6.45, 7) is 8.34. The topological polar surface area (TPSA) is 51.2 Å². The van der Waals surface area contributed by atoms with Crippen LogP contribution in [0, 0.1) is 0 Å². The van der Waals surface area contributed by atoms with Crippen LogP contribution in [0.1, 0.15) is 35.7 Å². The fourth-order valence-corrected chi connectivity index (χ4v) is 4.34. The van der Waals surface area contributed by atoms with Crippen LogP contribution in [0.2, 0.25) is 0 Å². The number of benzene rings is 3. The standard InChI is InChI=1S/C30H36N2O4.ClH/c1-2-34-30(33)28-12-6-7-13-29(28)32-21-19-31(20-22-32)18-8-9-23-35-26-14-16-27(17-15-26)36-24-25-10-4-3-5-11-25;/h3-7,10-17H,2,8-9,18-24H2,1H3;1H. The van der Waals surface area contributed by atoms with E-state index in [1.54, 1.807) is 0 Å². The highest BCUT2D eigenvalue weighted by Crippen LogP contribution is 2.23. The Kier molecular flexibility index (Phi) is 11.6. The molecular formula is C30H37ClN2O4. The molecule has 0 aliphatic carbocycles. The van der Waals surface area contributed by atoms with Gasteiger partial charge in [0.1, 0.15) is 18.1 Å². The summed E-state index contributed by atoms with van der Waals surface area (Å²) >= 11 is 0. The molecular weight excluding hydrogens is 488 g/mol. The first-order valence-electron chi connectivity index (χ1n) is 12.9. The van der Waals surface area contributed by atoms with Crippen LogP contribution < -0.4 is 14.4 Å². The van der Waals surface area contributed by atoms with Crippen LogP contribution in [0.25, 0.3) is 0 Å². The van der Waals surface area contributed by atoms with Gasteiger partial charge in [-0.3, -0.25) is 4.90 Å². The van der Waals surface area contributed by atoms with Crippen molar-refractivity contribution in [3.05, 3.63) is 90.0 Å². The fraction of sp³-hybridized carbons (Fsp3) is 0.367. The Bertz CT molecular complexity index is 1070. The summed E-state index contributed by atoms with van der Waals surface area (Å²) in [4.78, 5) is 17.1. The number of ether oxygens (including phenoxy) is 3. The number of anilines is 1. The predicted molar refractivity (Wildman–Crippen MR) is 150 cm³/mol. The Morgan fingerprint density at radius 3 is 2.14 bits per heavy atom. The van der Waals surface area contributed by atoms with E-state index < -0.39 is 0 Å². The summed E-state index contributed by atoms with van der Waals surface area (Å²) < 4.78 is 17.0. The van der Waals surface area contributed by atoms with E-state index in [4.69, 9.17) is 14.2 Å². The Morgan fingerprint density at radius 2 is 1.43 bits per heavy atom. The third-order valence-electron chi connectivity index (χ3n) is 6.32. The van der Waals surface area contributed by atoms with E-state index in [1.807, 2.05) is 73.7 Å². The van der Waals surface area contributed by atoms with Gasteiger partial charge in [-0.1, -0.05) is 42.5 Å². The number of esters is 1. The van der Waals surface area contributed by atoms with Crippen LogP contribution in [-0.2, 0) is 11.3 Å². The van der Waals surface area contributed by atoms with E-state index in [1.165, 1.54) is 0 Å². The lowest BCUT2D eigenvalue weighted by Crippen LogP contribution is -2.47. The van der Waals surface area contributed by atoms with Gasteiger partial charge in [0.2, 0.25) is 0 Å². The number of hydrogen-bond donors (Lipinski definition) is 0. The molecule has 0 aromatic heterocycles. The Morgan fingerprint density at radius 1 is 0.784 bits per heavy atom. The van der Waals surface area contributed by atoms with Crippen LogP contribution >= 0.6 is 12.4 Å². The lowest BCUT2D eigenvalue weighted by atomic mass is 10.1. The van der Waals surface area contributed by atoms with Gasteiger partial charge in [-0.15, -0.1) is 12.4 Å². The van der Waals surface area contributed by atoms with Gasteiger partial charge in [-0.05, 0) is 68.3 Å². The lowest BCUT2D eigenvalue weighted by molar-refractivity contribution is 0.0527. The van der Waals surface area contributed by atoms with Crippen molar-refractivity contribution in [1.29, 1.82) is 0 Å². The van der Waals surface area contributed by atoms with Crippen LogP contribution in [-0.4, -0.2) is 56.8 Å². The van der Waals surface area contributed by atoms with Crippen molar-refractivity contribution in [2.75, 3.05) is 50.8 Å². The second-order valence-electron chi connectivity index (χ2n) is 8.87. The summed E-state index contributed by atoms with van der Waals surface area (Å²) in [5.41, 5.74) is 2.78. The first-order valence-corrected chi connectivity index (χ1v) is 12.9. The first-order chi connectivity index (χ1) is 17.7. The van der Waals surface area contributed by atoms with E-state index in [0.29, 0.717) is 25.4 Å². The van der Waals surface area contributed by atoms with Gasteiger partial charge in [-0.25, -0.2) is 4.79 Å². The molecule has 6 nitrogen and oxygen atoms in total. The van der Waals surface area contributed by atoms with Gasteiger partial charge in [0.15, 0.2) is 0 Å². The fourth-order valence-electron chi connectivity index (χ4n) is 4.34. The van der Waals surface area contributed by atoms with E-state index in [9.17, 15) is 4.79 Å². The van der Waals surface area contributed by atoms with Crippen molar-refractivity contribution in [3.8, 4) is 11.5 Å². The minimum Gasteiger partial charge on any atom is -0.494 e. The number of rotatable bonds is 12. The second kappa shape index (κ2) is 15.1. The number of carbonyl (C=O) groups is 1. The molecule has 0 bridgehead atoms. The van der Waals surface area contributed by atoms with Gasteiger partial charge in [-0.2, -0.15) is 0 Å². The van der Waals surface area contributed by atoms with Crippen LogP contribution in [0.4, 0.5) is 5.69 Å². The molecule has 0 N–H and O–H groups in total. The number of unbranched alkanes of at least 4 members (excludes halogenated alkanes) is 1. The summed E-state index contributed by atoms with van der Waals surface area (Å²) in [6, 6.07) is 25.7. The van der Waals surface area contributed by atoms with Gasteiger partial charge >= 0.3 is 5.97 Å². The van der Waals surface area contributed by atoms with Gasteiger partial charge in [0.25, 0.3) is 0 Å². The zero-order valence-corrected chi connectivity index (χ0v) is 22.3. The molecule has 0 saturated carbocycles. The highest BCUT2D eigenvalue weighted by Gasteiger charge is 2.21. The lowest BCUT2D eigenvalue weighted by Gasteiger charge is -2.36. The van der Waals surface area contributed by atoms with Crippen molar-refractivity contribution >= 4 is 24.1 Å². The minimum atomic E-state index is -0.245. The maximum absolute atomic E-state index is 12.3. The molecule has 0 radical (unpaired) electrons. The highest BCUT2D eigenvalue weighted by atomic mass is 35.5. The summed E-state index contributed by atoms with van der Waals surface area (Å²) in [6.07, 6.45) is 2.11. The number of piperazine rings is 1. The molecule has 1 fully saturated rings. The smallest absolute Gasteiger partial charge is 0.340 e. The SMILES string of the molecule is CCOC(=O)c1ccccc1N1CCN(CCCCOc2ccc(OCc3ccccc3)cc2)CC1.Cl. The third kappa shape index (κ3) is 8.69. The third-order valence-corrected chi connectivity index (χ3v) is 6.32. The van der Waals surface area contributed by atoms with Crippen molar-refractivity contribution in [1.82, 2.24) is 4.90 Å². The number of nitrogens with zero attached hydrogens (tertiary/aromatic N) is 2. The van der Waals surface area contributed by atoms with Gasteiger partial charge in [0, 0.05) is 26.2 Å². The summed E-state index contributed by atoms with van der Waals surface area (Å²) in [7, 11) is 0. The number of para-hydroxylation sites is 1. The molecule has 198 valence electrons. The molecule has 4 rings (SSSR count). The Labute approximate surface area is 226 Å². The van der Waals surface area contributed by atoms with E-state index in [2.05, 4.69) is 21.9 Å². The molecule has 1 saturated heterocycles. The molecule has 37 heavy (non-hydrogen) atoms. The number of halogens is 1. The first kappa shape index (κ1) is 28.4. The maximum Gasteiger partial charge on any atom is 0.340 e. The number of carbonyl (C=O) groups excluding carboxylic acids is 1. The Balaban J connectivity index is 0.00000380. The quantitative estimate of drug-likeness (QED) is 0.219. The van der Waals surface area contributed by atoms with E-state index in [-0.39, 0.29) is 18.4 Å². The maximum atomic E-state index is 12.3. The molecule has 0 amide bonds. The number of hydrogen-bond acceptors (Lipinski definition) is 6. The summed E-state index contributed by atoms with van der Waals surface area (Å²) in [5, 5.41) is 0. The normalized spacial score (nSPS) is 13.5. The molecule has 0 unspecified atom stereocenters. The van der Waals surface area contributed by atoms with Crippen molar-refractivity contribution in [3.63, 3.8) is 0 Å². The van der Waals surface area contributed by atoms with Gasteiger partial charge < -0.3 is 19.1 Å². The Hall–Kier alpha value is -3.22. The van der Waals surface area contributed by atoms with Crippen molar-refractivity contribution < 1.29 is 19.0 Å². The monoisotopic (exact) mass is 524 g/mol. The minimum absolute atomic E-state index is 0. The molecule has 7 heteroatoms. The van der Waals surface area contributed by atoms with E-state index in [0.717, 1.165) is 68.3 Å². The zero-order valence-electron chi connectivity index (χ0n) is 21.5. The average Bonchev–Trinajstić information content (AvgIpc) is 2.93. The molecule has 0 spiro atoms. The van der Waals surface area contributed by atoms with Crippen LogP contribution in [0.5, 0.6) is 11.5 Å². The molecule has 3 aromatic rings.